The first kappa shape index (κ1) is 14.7. The van der Waals surface area contributed by atoms with E-state index in [1.165, 1.54) is 0 Å². The predicted molar refractivity (Wildman–Crippen MR) is 61.2 cm³/mol. The van der Waals surface area contributed by atoms with E-state index in [9.17, 15) is 9.59 Å². The van der Waals surface area contributed by atoms with Gasteiger partial charge in [-0.15, -0.1) is 0 Å². The Kier molecular flexibility index (Phi) is 9.39. The lowest BCUT2D eigenvalue weighted by Crippen LogP contribution is -2.37. The molecule has 94 valence electrons. The largest absolute Gasteiger partial charge is 0.481 e. The number of unbranched alkanes of at least 4 members (excludes halogenated alkanes) is 2. The van der Waals surface area contributed by atoms with Crippen molar-refractivity contribution in [2.24, 2.45) is 5.73 Å². The molecule has 0 bridgehead atoms. The monoisotopic (exact) mass is 231 g/mol. The van der Waals surface area contributed by atoms with Gasteiger partial charge in [0, 0.05) is 19.5 Å². The summed E-state index contributed by atoms with van der Waals surface area (Å²) in [6, 6.07) is -0.188. The molecule has 0 spiro atoms. The van der Waals surface area contributed by atoms with Crippen molar-refractivity contribution in [2.75, 3.05) is 19.6 Å². The van der Waals surface area contributed by atoms with Gasteiger partial charge in [-0.05, 0) is 25.8 Å². The molecule has 0 saturated carbocycles. The molecule has 5 N–H and O–H groups in total. The maximum atomic E-state index is 11.1. The molecule has 0 radical (unpaired) electrons. The first-order valence-corrected chi connectivity index (χ1v) is 5.60. The van der Waals surface area contributed by atoms with E-state index >= 15 is 0 Å². The summed E-state index contributed by atoms with van der Waals surface area (Å²) in [5, 5.41) is 13.7. The fraction of sp³-hybridized carbons (Fsp3) is 0.800. The summed E-state index contributed by atoms with van der Waals surface area (Å²) >= 11 is 0. The third kappa shape index (κ3) is 10.8. The molecule has 0 aliphatic rings. The van der Waals surface area contributed by atoms with E-state index in [0.717, 1.165) is 19.3 Å². The van der Waals surface area contributed by atoms with Crippen LogP contribution >= 0.6 is 0 Å². The summed E-state index contributed by atoms with van der Waals surface area (Å²) in [7, 11) is 0. The smallest absolute Gasteiger partial charge is 0.314 e. The SMILES string of the molecule is NCCCNC(=O)NCCCCCC(=O)O. The molecule has 6 heteroatoms. The standard InChI is InChI=1S/C10H21N3O3/c11-6-4-8-13-10(16)12-7-3-1-2-5-9(14)15/h1-8,11H2,(H,14,15)(H2,12,13,16). The van der Waals surface area contributed by atoms with Crippen molar-refractivity contribution in [2.45, 2.75) is 32.1 Å². The lowest BCUT2D eigenvalue weighted by molar-refractivity contribution is -0.137. The maximum absolute atomic E-state index is 11.1. The summed E-state index contributed by atoms with van der Waals surface area (Å²) in [5.74, 6) is -0.771. The number of amides is 2. The minimum atomic E-state index is -0.771. The highest BCUT2D eigenvalue weighted by molar-refractivity contribution is 5.73. The fourth-order valence-electron chi connectivity index (χ4n) is 1.15. The van der Waals surface area contributed by atoms with Gasteiger partial charge < -0.3 is 21.5 Å². The maximum Gasteiger partial charge on any atom is 0.314 e. The Morgan fingerprint density at radius 3 is 2.19 bits per heavy atom. The van der Waals surface area contributed by atoms with Crippen LogP contribution in [0.1, 0.15) is 32.1 Å². The Balaban J connectivity index is 3.18. The van der Waals surface area contributed by atoms with Gasteiger partial charge in [0.25, 0.3) is 0 Å². The summed E-state index contributed by atoms with van der Waals surface area (Å²) in [6.45, 7) is 1.73. The van der Waals surface area contributed by atoms with E-state index in [-0.39, 0.29) is 12.5 Å². The van der Waals surface area contributed by atoms with Crippen LogP contribution in [-0.2, 0) is 4.79 Å². The summed E-state index contributed by atoms with van der Waals surface area (Å²) in [4.78, 5) is 21.3. The zero-order valence-electron chi connectivity index (χ0n) is 9.50. The molecule has 0 aromatic rings. The van der Waals surface area contributed by atoms with Crippen LogP contribution in [0.25, 0.3) is 0 Å². The summed E-state index contributed by atoms with van der Waals surface area (Å²) in [6.07, 6.45) is 3.24. The molecule has 0 saturated heterocycles. The Labute approximate surface area is 95.6 Å². The highest BCUT2D eigenvalue weighted by atomic mass is 16.4. The molecule has 0 aliphatic heterocycles. The third-order valence-corrected chi connectivity index (χ3v) is 2.02. The molecular weight excluding hydrogens is 210 g/mol. The van der Waals surface area contributed by atoms with Crippen LogP contribution in [-0.4, -0.2) is 36.7 Å². The molecule has 0 aromatic carbocycles. The van der Waals surface area contributed by atoms with Crippen LogP contribution in [0.5, 0.6) is 0 Å². The van der Waals surface area contributed by atoms with Crippen molar-refractivity contribution in [1.82, 2.24) is 10.6 Å². The molecule has 0 heterocycles. The topological polar surface area (TPSA) is 104 Å². The van der Waals surface area contributed by atoms with Crippen molar-refractivity contribution >= 4 is 12.0 Å². The van der Waals surface area contributed by atoms with Gasteiger partial charge in [0.05, 0.1) is 0 Å². The second-order valence-corrected chi connectivity index (χ2v) is 3.53. The Hall–Kier alpha value is -1.30. The Bertz CT molecular complexity index is 209. The number of carboxylic acids is 1. The molecular formula is C10H21N3O3. The highest BCUT2D eigenvalue weighted by Crippen LogP contribution is 1.98. The van der Waals surface area contributed by atoms with Gasteiger partial charge in [-0.3, -0.25) is 4.79 Å². The predicted octanol–water partition coefficient (Wildman–Crippen LogP) is 0.279. The Morgan fingerprint density at radius 1 is 1.00 bits per heavy atom. The minimum absolute atomic E-state index is 0.188. The van der Waals surface area contributed by atoms with Crippen LogP contribution in [0.2, 0.25) is 0 Å². The molecule has 2 amide bonds. The number of hydrogen-bond donors (Lipinski definition) is 4. The third-order valence-electron chi connectivity index (χ3n) is 2.02. The Morgan fingerprint density at radius 2 is 1.62 bits per heavy atom. The van der Waals surface area contributed by atoms with Gasteiger partial charge in [0.1, 0.15) is 0 Å². The number of urea groups is 1. The molecule has 0 rings (SSSR count). The first-order valence-electron chi connectivity index (χ1n) is 5.60. The molecule has 16 heavy (non-hydrogen) atoms. The number of nitrogens with two attached hydrogens (primary N) is 1. The van der Waals surface area contributed by atoms with Crippen molar-refractivity contribution in [1.29, 1.82) is 0 Å². The van der Waals surface area contributed by atoms with E-state index in [1.807, 2.05) is 0 Å². The number of aliphatic carboxylic acids is 1. The van der Waals surface area contributed by atoms with E-state index in [0.29, 0.717) is 26.1 Å². The fourth-order valence-corrected chi connectivity index (χ4v) is 1.15. The number of nitrogens with one attached hydrogen (secondary N) is 2. The summed E-state index contributed by atoms with van der Waals surface area (Å²) < 4.78 is 0. The average Bonchev–Trinajstić information content (AvgIpc) is 2.23. The molecule has 0 unspecified atom stereocenters. The van der Waals surface area contributed by atoms with Crippen LogP contribution in [0.4, 0.5) is 4.79 Å². The van der Waals surface area contributed by atoms with Crippen molar-refractivity contribution in [3.8, 4) is 0 Å². The second-order valence-electron chi connectivity index (χ2n) is 3.53. The zero-order valence-corrected chi connectivity index (χ0v) is 9.50. The van der Waals surface area contributed by atoms with Crippen molar-refractivity contribution in [3.05, 3.63) is 0 Å². The molecule has 0 aliphatic carbocycles. The first-order chi connectivity index (χ1) is 7.66. The van der Waals surface area contributed by atoms with Crippen molar-refractivity contribution in [3.63, 3.8) is 0 Å². The molecule has 6 nitrogen and oxygen atoms in total. The van der Waals surface area contributed by atoms with Crippen LogP contribution in [0.15, 0.2) is 0 Å². The van der Waals surface area contributed by atoms with Gasteiger partial charge in [-0.25, -0.2) is 4.79 Å². The number of carbonyl (C=O) groups is 2. The highest BCUT2D eigenvalue weighted by Gasteiger charge is 1.99. The average molecular weight is 231 g/mol. The second kappa shape index (κ2) is 10.2. The van der Waals surface area contributed by atoms with E-state index < -0.39 is 5.97 Å². The number of hydrogen-bond acceptors (Lipinski definition) is 3. The number of rotatable bonds is 9. The zero-order chi connectivity index (χ0) is 12.2. The van der Waals surface area contributed by atoms with Gasteiger partial charge in [-0.2, -0.15) is 0 Å². The lowest BCUT2D eigenvalue weighted by atomic mass is 10.2. The van der Waals surface area contributed by atoms with Crippen LogP contribution in [0.3, 0.4) is 0 Å². The quantitative estimate of drug-likeness (QED) is 0.428. The van der Waals surface area contributed by atoms with E-state index in [2.05, 4.69) is 10.6 Å². The van der Waals surface area contributed by atoms with E-state index in [4.69, 9.17) is 10.8 Å². The van der Waals surface area contributed by atoms with Crippen LogP contribution < -0.4 is 16.4 Å². The minimum Gasteiger partial charge on any atom is -0.481 e. The summed E-state index contributed by atoms with van der Waals surface area (Å²) in [5.41, 5.74) is 5.27. The normalized spacial score (nSPS) is 9.81. The molecule has 0 fully saturated rings. The van der Waals surface area contributed by atoms with Gasteiger partial charge in [-0.1, -0.05) is 6.42 Å². The molecule has 0 aromatic heterocycles. The lowest BCUT2D eigenvalue weighted by Gasteiger charge is -2.06. The number of carboxylic acid groups (broad SMARTS) is 1. The van der Waals surface area contributed by atoms with Crippen molar-refractivity contribution < 1.29 is 14.7 Å². The molecule has 0 atom stereocenters. The van der Waals surface area contributed by atoms with Gasteiger partial charge in [0.15, 0.2) is 0 Å². The van der Waals surface area contributed by atoms with Gasteiger partial charge in [0.2, 0.25) is 0 Å². The van der Waals surface area contributed by atoms with Gasteiger partial charge >= 0.3 is 12.0 Å². The van der Waals surface area contributed by atoms with Crippen LogP contribution in [0, 0.1) is 0 Å². The van der Waals surface area contributed by atoms with E-state index in [1.54, 1.807) is 0 Å². The number of carbonyl (C=O) groups excluding carboxylic acids is 1.